The Morgan fingerprint density at radius 2 is 2.23 bits per heavy atom. The molecule has 2 aromatic rings. The minimum atomic E-state index is -0.221. The molecule has 0 spiro atoms. The number of halogens is 1. The summed E-state index contributed by atoms with van der Waals surface area (Å²) in [7, 11) is 0. The molecule has 2 aliphatic rings. The molecule has 1 aliphatic heterocycles. The molecule has 6 nitrogen and oxygen atoms in total. The first kappa shape index (κ1) is 21.2. The summed E-state index contributed by atoms with van der Waals surface area (Å²) in [5.74, 6) is -0.231. The van der Waals surface area contributed by atoms with Crippen LogP contribution in [0.25, 0.3) is 0 Å². The van der Waals surface area contributed by atoms with Crippen molar-refractivity contribution in [2.75, 3.05) is 24.5 Å². The molecular weight excluding hydrogens is 415 g/mol. The smallest absolute Gasteiger partial charge is 0.325 e. The molecule has 8 heteroatoms. The number of allylic oxidation sites excluding steroid dienone is 3. The Kier molecular flexibility index (Phi) is 6.18. The normalized spacial score (nSPS) is 20.9. The van der Waals surface area contributed by atoms with Crippen LogP contribution in [0.2, 0.25) is 0 Å². The van der Waals surface area contributed by atoms with E-state index in [-0.39, 0.29) is 29.6 Å². The lowest BCUT2D eigenvalue weighted by Gasteiger charge is -2.26. The molecule has 2 aromatic heterocycles. The van der Waals surface area contributed by atoms with Crippen molar-refractivity contribution in [3.63, 3.8) is 0 Å². The molecule has 0 bridgehead atoms. The Balaban J connectivity index is 1.39. The van der Waals surface area contributed by atoms with Crippen molar-refractivity contribution in [2.45, 2.75) is 20.4 Å². The summed E-state index contributed by atoms with van der Waals surface area (Å²) >= 11 is 1.33. The van der Waals surface area contributed by atoms with Crippen molar-refractivity contribution >= 4 is 28.3 Å². The number of nitrogens with zero attached hydrogens (tertiary/aromatic N) is 3. The topological polar surface area (TPSA) is 65.5 Å². The van der Waals surface area contributed by atoms with E-state index < -0.39 is 0 Å². The predicted molar refractivity (Wildman–Crippen MR) is 120 cm³/mol. The maximum Gasteiger partial charge on any atom is 0.325 e. The Hall–Kier alpha value is -3.00. The highest BCUT2D eigenvalue weighted by Gasteiger charge is 2.33. The fourth-order valence-corrected chi connectivity index (χ4v) is 4.96. The van der Waals surface area contributed by atoms with Crippen LogP contribution in [0.3, 0.4) is 0 Å². The zero-order valence-corrected chi connectivity index (χ0v) is 18.4. The molecule has 162 valence electrons. The van der Waals surface area contributed by atoms with Crippen LogP contribution >= 0.6 is 11.3 Å². The fourth-order valence-electron chi connectivity index (χ4n) is 3.85. The van der Waals surface area contributed by atoms with Gasteiger partial charge in [0.25, 0.3) is 5.91 Å². The maximum absolute atomic E-state index is 13.4. The molecule has 4 rings (SSSR count). The zero-order valence-electron chi connectivity index (χ0n) is 17.5. The van der Waals surface area contributed by atoms with Crippen molar-refractivity contribution in [3.05, 3.63) is 70.7 Å². The quantitative estimate of drug-likeness (QED) is 0.728. The molecule has 0 saturated carbocycles. The minimum absolute atomic E-state index is 0.0472. The fraction of sp³-hybridized carbons (Fsp3) is 0.348. The molecule has 2 atom stereocenters. The molecular formula is C23H25FN4O2S. The van der Waals surface area contributed by atoms with Gasteiger partial charge in [-0.25, -0.2) is 9.18 Å². The molecule has 1 N–H and O–H groups in total. The number of aromatic nitrogens is 1. The van der Waals surface area contributed by atoms with Crippen molar-refractivity contribution in [1.82, 2.24) is 15.2 Å². The Bertz CT molecular complexity index is 1030. The van der Waals surface area contributed by atoms with Crippen LogP contribution in [0.15, 0.2) is 54.6 Å². The third kappa shape index (κ3) is 4.69. The van der Waals surface area contributed by atoms with E-state index in [1.54, 1.807) is 28.3 Å². The van der Waals surface area contributed by atoms with Gasteiger partial charge in [0.05, 0.1) is 4.88 Å². The van der Waals surface area contributed by atoms with Crippen LogP contribution < -0.4 is 10.2 Å². The van der Waals surface area contributed by atoms with Gasteiger partial charge in [-0.15, -0.1) is 11.3 Å². The molecule has 2 unspecified atom stereocenters. The molecule has 1 aliphatic carbocycles. The van der Waals surface area contributed by atoms with Gasteiger partial charge in [-0.05, 0) is 48.3 Å². The van der Waals surface area contributed by atoms with Crippen LogP contribution in [-0.2, 0) is 6.54 Å². The Labute approximate surface area is 185 Å². The lowest BCUT2D eigenvalue weighted by Crippen LogP contribution is -2.36. The van der Waals surface area contributed by atoms with Crippen LogP contribution in [-0.4, -0.2) is 41.5 Å². The standard InChI is InChI=1S/C23H25FN4O2S/c1-15-10-19(24)6-5-18(15)14-27-8-9-28(23(27)30)20-11-16(2)21(31-20)22(29)26-13-17-4-3-7-25-12-17/h3-7,10-12,15,18H,8-9,13-14H2,1-2H3,(H,26,29). The summed E-state index contributed by atoms with van der Waals surface area (Å²) in [5, 5.41) is 3.69. The summed E-state index contributed by atoms with van der Waals surface area (Å²) in [6.45, 7) is 5.99. The highest BCUT2D eigenvalue weighted by molar-refractivity contribution is 7.18. The second-order valence-electron chi connectivity index (χ2n) is 7.95. The van der Waals surface area contributed by atoms with E-state index in [0.29, 0.717) is 31.1 Å². The average Bonchev–Trinajstić information content (AvgIpc) is 3.31. The second-order valence-corrected chi connectivity index (χ2v) is 8.99. The predicted octanol–water partition coefficient (Wildman–Crippen LogP) is 4.30. The number of carbonyl (C=O) groups is 2. The van der Waals surface area contributed by atoms with Gasteiger partial charge in [0.2, 0.25) is 0 Å². The minimum Gasteiger partial charge on any atom is -0.347 e. The summed E-state index contributed by atoms with van der Waals surface area (Å²) < 4.78 is 13.4. The first-order valence-corrected chi connectivity index (χ1v) is 11.1. The summed E-state index contributed by atoms with van der Waals surface area (Å²) in [6, 6.07) is 5.56. The van der Waals surface area contributed by atoms with Gasteiger partial charge >= 0.3 is 6.03 Å². The first-order valence-electron chi connectivity index (χ1n) is 10.3. The van der Waals surface area contributed by atoms with Crippen molar-refractivity contribution in [2.24, 2.45) is 11.8 Å². The highest BCUT2D eigenvalue weighted by atomic mass is 32.1. The molecule has 31 heavy (non-hydrogen) atoms. The summed E-state index contributed by atoms with van der Waals surface area (Å²) in [4.78, 5) is 33.8. The summed E-state index contributed by atoms with van der Waals surface area (Å²) in [5.41, 5.74) is 1.77. The molecule has 1 saturated heterocycles. The molecule has 3 amide bonds. The monoisotopic (exact) mass is 440 g/mol. The van der Waals surface area contributed by atoms with Gasteiger partial charge in [0.1, 0.15) is 10.8 Å². The molecule has 1 fully saturated rings. The second kappa shape index (κ2) is 9.01. The number of carbonyl (C=O) groups excluding carboxylic acids is 2. The number of hydrogen-bond acceptors (Lipinski definition) is 4. The summed E-state index contributed by atoms with van der Waals surface area (Å²) in [6.07, 6.45) is 8.33. The maximum atomic E-state index is 13.4. The number of pyridine rings is 1. The van der Waals surface area contributed by atoms with E-state index in [1.807, 2.05) is 38.1 Å². The van der Waals surface area contributed by atoms with E-state index in [9.17, 15) is 14.0 Å². The lowest BCUT2D eigenvalue weighted by atomic mass is 9.89. The average molecular weight is 441 g/mol. The van der Waals surface area contributed by atoms with E-state index in [1.165, 1.54) is 17.4 Å². The number of thiophene rings is 1. The SMILES string of the molecule is Cc1cc(N2CCN(CC3C=CC(F)=CC3C)C2=O)sc1C(=O)NCc1cccnc1. The largest absolute Gasteiger partial charge is 0.347 e. The number of nitrogens with one attached hydrogen (secondary N) is 1. The Morgan fingerprint density at radius 1 is 1.39 bits per heavy atom. The highest BCUT2D eigenvalue weighted by Crippen LogP contribution is 2.33. The zero-order chi connectivity index (χ0) is 22.0. The van der Waals surface area contributed by atoms with Gasteiger partial charge < -0.3 is 10.2 Å². The number of urea groups is 1. The van der Waals surface area contributed by atoms with Crippen molar-refractivity contribution in [3.8, 4) is 0 Å². The van der Waals surface area contributed by atoms with E-state index in [0.717, 1.165) is 16.1 Å². The third-order valence-corrected chi connectivity index (χ3v) is 6.94. The number of hydrogen-bond donors (Lipinski definition) is 1. The first-order chi connectivity index (χ1) is 14.9. The molecule has 0 aromatic carbocycles. The molecule has 3 heterocycles. The number of aryl methyl sites for hydroxylation is 1. The van der Waals surface area contributed by atoms with Crippen molar-refractivity contribution < 1.29 is 14.0 Å². The van der Waals surface area contributed by atoms with E-state index in [4.69, 9.17) is 0 Å². The van der Waals surface area contributed by atoms with Crippen LogP contribution in [0.5, 0.6) is 0 Å². The number of amides is 3. The van der Waals surface area contributed by atoms with Crippen LogP contribution in [0.1, 0.15) is 27.7 Å². The van der Waals surface area contributed by atoms with Gasteiger partial charge in [0.15, 0.2) is 0 Å². The van der Waals surface area contributed by atoms with Crippen LogP contribution in [0.4, 0.5) is 14.2 Å². The third-order valence-electron chi connectivity index (χ3n) is 5.68. The van der Waals surface area contributed by atoms with E-state index in [2.05, 4.69) is 10.3 Å². The molecule has 0 radical (unpaired) electrons. The lowest BCUT2D eigenvalue weighted by molar-refractivity contribution is 0.0954. The van der Waals surface area contributed by atoms with Crippen molar-refractivity contribution in [1.29, 1.82) is 0 Å². The number of rotatable bonds is 6. The van der Waals surface area contributed by atoms with Gasteiger partial charge in [-0.1, -0.05) is 19.1 Å². The van der Waals surface area contributed by atoms with Gasteiger partial charge in [-0.2, -0.15) is 0 Å². The van der Waals surface area contributed by atoms with Crippen LogP contribution in [0, 0.1) is 18.8 Å². The van der Waals surface area contributed by atoms with E-state index >= 15 is 0 Å². The Morgan fingerprint density at radius 3 is 2.97 bits per heavy atom. The van der Waals surface area contributed by atoms with Gasteiger partial charge in [0, 0.05) is 44.5 Å². The number of anilines is 1. The van der Waals surface area contributed by atoms with Gasteiger partial charge in [-0.3, -0.25) is 14.7 Å².